The Morgan fingerprint density at radius 3 is 2.68 bits per heavy atom. The molecule has 2 rings (SSSR count). The maximum atomic E-state index is 12.1. The topological polar surface area (TPSA) is 69.6 Å². The minimum atomic E-state index is -0.316. The third-order valence-electron chi connectivity index (χ3n) is 4.09. The van der Waals surface area contributed by atoms with Crippen LogP contribution in [0.5, 0.6) is 0 Å². The summed E-state index contributed by atoms with van der Waals surface area (Å²) in [4.78, 5) is 25.9. The van der Waals surface area contributed by atoms with Crippen molar-refractivity contribution in [3.05, 3.63) is 29.8 Å². The number of aliphatic hydroxyl groups excluding tert-OH is 1. The fraction of sp³-hybridized carbons (Fsp3) is 0.529. The first-order chi connectivity index (χ1) is 10.5. The van der Waals surface area contributed by atoms with Crippen molar-refractivity contribution in [1.82, 2.24) is 5.32 Å². The van der Waals surface area contributed by atoms with Gasteiger partial charge in [-0.1, -0.05) is 26.0 Å². The first-order valence-corrected chi connectivity index (χ1v) is 7.83. The van der Waals surface area contributed by atoms with Crippen LogP contribution in [0.2, 0.25) is 0 Å². The van der Waals surface area contributed by atoms with Crippen LogP contribution in [-0.4, -0.2) is 36.6 Å². The van der Waals surface area contributed by atoms with E-state index in [1.807, 2.05) is 31.2 Å². The molecule has 1 aromatic carbocycles. The molecule has 1 fully saturated rings. The van der Waals surface area contributed by atoms with Crippen LogP contribution in [0.3, 0.4) is 0 Å². The number of aryl methyl sites for hydroxylation is 1. The molecule has 1 heterocycles. The number of hydrogen-bond donors (Lipinski definition) is 2. The SMILES string of the molecule is CCc1ccc(N2CC(C(=O)NCC(C)CO)CC2=O)cc1. The average Bonchev–Trinajstić information content (AvgIpc) is 2.94. The number of carbonyl (C=O) groups is 2. The van der Waals surface area contributed by atoms with Crippen LogP contribution in [0.15, 0.2) is 24.3 Å². The Balaban J connectivity index is 1.96. The molecule has 0 bridgehead atoms. The molecule has 1 aromatic rings. The van der Waals surface area contributed by atoms with E-state index in [1.54, 1.807) is 4.90 Å². The first-order valence-electron chi connectivity index (χ1n) is 7.83. The highest BCUT2D eigenvalue weighted by molar-refractivity contribution is 6.00. The van der Waals surface area contributed by atoms with Crippen LogP contribution >= 0.6 is 0 Å². The van der Waals surface area contributed by atoms with E-state index >= 15 is 0 Å². The smallest absolute Gasteiger partial charge is 0.227 e. The van der Waals surface area contributed by atoms with Gasteiger partial charge in [-0.2, -0.15) is 0 Å². The van der Waals surface area contributed by atoms with E-state index < -0.39 is 0 Å². The maximum Gasteiger partial charge on any atom is 0.227 e. The maximum absolute atomic E-state index is 12.1. The Labute approximate surface area is 131 Å². The third-order valence-corrected chi connectivity index (χ3v) is 4.09. The van der Waals surface area contributed by atoms with Gasteiger partial charge in [0, 0.05) is 31.8 Å². The number of aliphatic hydroxyl groups is 1. The van der Waals surface area contributed by atoms with Crippen molar-refractivity contribution < 1.29 is 14.7 Å². The summed E-state index contributed by atoms with van der Waals surface area (Å²) in [5.74, 6) is -0.413. The first kappa shape index (κ1) is 16.5. The van der Waals surface area contributed by atoms with Gasteiger partial charge < -0.3 is 15.3 Å². The van der Waals surface area contributed by atoms with Gasteiger partial charge in [0.2, 0.25) is 11.8 Å². The van der Waals surface area contributed by atoms with Crippen LogP contribution in [0.1, 0.15) is 25.8 Å². The summed E-state index contributed by atoms with van der Waals surface area (Å²) >= 11 is 0. The van der Waals surface area contributed by atoms with E-state index in [2.05, 4.69) is 12.2 Å². The van der Waals surface area contributed by atoms with E-state index in [1.165, 1.54) is 5.56 Å². The van der Waals surface area contributed by atoms with Gasteiger partial charge >= 0.3 is 0 Å². The van der Waals surface area contributed by atoms with Gasteiger partial charge in [0.15, 0.2) is 0 Å². The molecule has 0 spiro atoms. The Kier molecular flexibility index (Phi) is 5.55. The van der Waals surface area contributed by atoms with E-state index in [9.17, 15) is 9.59 Å². The molecule has 2 atom stereocenters. The molecule has 22 heavy (non-hydrogen) atoms. The van der Waals surface area contributed by atoms with Crippen LogP contribution in [0.4, 0.5) is 5.69 Å². The predicted octanol–water partition coefficient (Wildman–Crippen LogP) is 1.35. The fourth-order valence-electron chi connectivity index (χ4n) is 2.53. The molecule has 1 aliphatic heterocycles. The number of carbonyl (C=O) groups excluding carboxylic acids is 2. The van der Waals surface area contributed by atoms with Gasteiger partial charge in [-0.3, -0.25) is 9.59 Å². The molecule has 0 aliphatic carbocycles. The minimum Gasteiger partial charge on any atom is -0.396 e. The monoisotopic (exact) mass is 304 g/mol. The average molecular weight is 304 g/mol. The molecule has 2 amide bonds. The van der Waals surface area contributed by atoms with Gasteiger partial charge in [-0.05, 0) is 30.0 Å². The third kappa shape index (κ3) is 3.85. The fourth-order valence-corrected chi connectivity index (χ4v) is 2.53. The molecule has 1 aliphatic rings. The normalized spacial score (nSPS) is 19.3. The summed E-state index contributed by atoms with van der Waals surface area (Å²) in [5, 5.41) is 11.8. The second kappa shape index (κ2) is 7.40. The van der Waals surface area contributed by atoms with Gasteiger partial charge in [-0.25, -0.2) is 0 Å². The van der Waals surface area contributed by atoms with Crippen molar-refractivity contribution in [2.45, 2.75) is 26.7 Å². The number of nitrogens with zero attached hydrogens (tertiary/aromatic N) is 1. The highest BCUT2D eigenvalue weighted by Gasteiger charge is 2.35. The Morgan fingerprint density at radius 1 is 1.41 bits per heavy atom. The Bertz CT molecular complexity index is 527. The molecule has 1 saturated heterocycles. The largest absolute Gasteiger partial charge is 0.396 e. The lowest BCUT2D eigenvalue weighted by Crippen LogP contribution is -2.36. The number of rotatable bonds is 6. The summed E-state index contributed by atoms with van der Waals surface area (Å²) < 4.78 is 0. The van der Waals surface area contributed by atoms with E-state index in [-0.39, 0.29) is 36.7 Å². The van der Waals surface area contributed by atoms with Gasteiger partial charge in [0.25, 0.3) is 0 Å². The van der Waals surface area contributed by atoms with Crippen molar-refractivity contribution in [2.75, 3.05) is 24.6 Å². The van der Waals surface area contributed by atoms with Crippen molar-refractivity contribution in [3.63, 3.8) is 0 Å². The lowest BCUT2D eigenvalue weighted by molar-refractivity contribution is -0.126. The summed E-state index contributed by atoms with van der Waals surface area (Å²) in [6.45, 7) is 4.85. The predicted molar refractivity (Wildman–Crippen MR) is 85.5 cm³/mol. The van der Waals surface area contributed by atoms with E-state index in [0.717, 1.165) is 12.1 Å². The van der Waals surface area contributed by atoms with E-state index in [4.69, 9.17) is 5.11 Å². The van der Waals surface area contributed by atoms with Crippen LogP contribution < -0.4 is 10.2 Å². The minimum absolute atomic E-state index is 0.0143. The summed E-state index contributed by atoms with van der Waals surface area (Å²) in [5.41, 5.74) is 2.07. The van der Waals surface area contributed by atoms with Crippen LogP contribution in [0.25, 0.3) is 0 Å². The number of nitrogens with one attached hydrogen (secondary N) is 1. The highest BCUT2D eigenvalue weighted by Crippen LogP contribution is 2.25. The van der Waals surface area contributed by atoms with E-state index in [0.29, 0.717) is 13.1 Å². The zero-order valence-electron chi connectivity index (χ0n) is 13.2. The Hall–Kier alpha value is -1.88. The van der Waals surface area contributed by atoms with Crippen molar-refractivity contribution in [2.24, 2.45) is 11.8 Å². The van der Waals surface area contributed by atoms with Crippen molar-refractivity contribution >= 4 is 17.5 Å². The molecule has 0 radical (unpaired) electrons. The van der Waals surface area contributed by atoms with Crippen molar-refractivity contribution in [3.8, 4) is 0 Å². The lowest BCUT2D eigenvalue weighted by atomic mass is 10.1. The number of benzene rings is 1. The summed E-state index contributed by atoms with van der Waals surface area (Å²) in [7, 11) is 0. The molecular weight excluding hydrogens is 280 g/mol. The number of anilines is 1. The standard InChI is InChI=1S/C17H24N2O3/c1-3-13-4-6-15(7-5-13)19-10-14(8-16(19)21)17(22)18-9-12(2)11-20/h4-7,12,14,20H,3,8-11H2,1-2H3,(H,18,22). The summed E-state index contributed by atoms with van der Waals surface area (Å²) in [6.07, 6.45) is 1.21. The molecule has 120 valence electrons. The van der Waals surface area contributed by atoms with Crippen LogP contribution in [-0.2, 0) is 16.0 Å². The zero-order valence-corrected chi connectivity index (χ0v) is 13.2. The quantitative estimate of drug-likeness (QED) is 0.833. The molecule has 5 heteroatoms. The molecule has 5 nitrogen and oxygen atoms in total. The second-order valence-electron chi connectivity index (χ2n) is 5.96. The van der Waals surface area contributed by atoms with Crippen LogP contribution in [0, 0.1) is 11.8 Å². The number of amides is 2. The molecule has 2 unspecified atom stereocenters. The lowest BCUT2D eigenvalue weighted by Gasteiger charge is -2.17. The molecular formula is C17H24N2O3. The number of hydrogen-bond acceptors (Lipinski definition) is 3. The zero-order chi connectivity index (χ0) is 16.1. The highest BCUT2D eigenvalue weighted by atomic mass is 16.3. The van der Waals surface area contributed by atoms with Gasteiger partial charge in [0.1, 0.15) is 0 Å². The second-order valence-corrected chi connectivity index (χ2v) is 5.96. The molecule has 0 saturated carbocycles. The summed E-state index contributed by atoms with van der Waals surface area (Å²) in [6, 6.07) is 7.90. The Morgan fingerprint density at radius 2 is 2.09 bits per heavy atom. The van der Waals surface area contributed by atoms with Gasteiger partial charge in [0.05, 0.1) is 5.92 Å². The molecule has 0 aromatic heterocycles. The van der Waals surface area contributed by atoms with Crippen molar-refractivity contribution in [1.29, 1.82) is 0 Å². The van der Waals surface area contributed by atoms with Gasteiger partial charge in [-0.15, -0.1) is 0 Å². The molecule has 2 N–H and O–H groups in total.